The lowest BCUT2D eigenvalue weighted by molar-refractivity contribution is -0.0591. The summed E-state index contributed by atoms with van der Waals surface area (Å²) in [6.45, 7) is 6.06. The molecular formula is C16H25N3O. The largest absolute Gasteiger partial charge is 0.385 e. The van der Waals surface area contributed by atoms with E-state index in [2.05, 4.69) is 34.3 Å². The van der Waals surface area contributed by atoms with E-state index in [1.54, 1.807) is 0 Å². The number of aromatic nitrogens is 1. The van der Waals surface area contributed by atoms with Crippen molar-refractivity contribution in [2.75, 3.05) is 25.0 Å². The van der Waals surface area contributed by atoms with Crippen molar-refractivity contribution in [2.45, 2.75) is 51.3 Å². The molecular weight excluding hydrogens is 250 g/mol. The molecule has 0 aromatic carbocycles. The second-order valence-corrected chi connectivity index (χ2v) is 5.84. The standard InChI is InChI=1S/C16H25N3O/c1-2-7-17-13-6-8-18-14(11-13)12-19-9-10-20-16-5-3-4-15(16)19/h6,8,11,15-16H,2-5,7,9-10,12H2,1H3,(H,17,18). The third-order valence-electron chi connectivity index (χ3n) is 4.36. The molecule has 1 saturated heterocycles. The van der Waals surface area contributed by atoms with Gasteiger partial charge in [-0.1, -0.05) is 6.92 Å². The predicted octanol–water partition coefficient (Wildman–Crippen LogP) is 2.66. The average Bonchev–Trinajstić information content (AvgIpc) is 2.95. The Bertz CT molecular complexity index is 437. The lowest BCUT2D eigenvalue weighted by Crippen LogP contribution is -2.47. The molecule has 2 fully saturated rings. The minimum absolute atomic E-state index is 0.463. The van der Waals surface area contributed by atoms with Crippen LogP contribution in [-0.4, -0.2) is 41.7 Å². The Morgan fingerprint density at radius 2 is 2.40 bits per heavy atom. The maximum atomic E-state index is 5.87. The van der Waals surface area contributed by atoms with Crippen LogP contribution in [0.15, 0.2) is 18.3 Å². The van der Waals surface area contributed by atoms with Crippen LogP contribution < -0.4 is 5.32 Å². The Labute approximate surface area is 121 Å². The van der Waals surface area contributed by atoms with Gasteiger partial charge in [0.15, 0.2) is 0 Å². The van der Waals surface area contributed by atoms with Gasteiger partial charge in [0, 0.05) is 37.6 Å². The predicted molar refractivity (Wildman–Crippen MR) is 80.8 cm³/mol. The SMILES string of the molecule is CCCNc1ccnc(CN2CCOC3CCCC32)c1. The first-order valence-electron chi connectivity index (χ1n) is 7.91. The first-order chi connectivity index (χ1) is 9.86. The summed E-state index contributed by atoms with van der Waals surface area (Å²) in [6.07, 6.45) is 7.33. The molecule has 0 spiro atoms. The van der Waals surface area contributed by atoms with E-state index < -0.39 is 0 Å². The van der Waals surface area contributed by atoms with Gasteiger partial charge in [0.05, 0.1) is 18.4 Å². The van der Waals surface area contributed by atoms with Gasteiger partial charge in [-0.2, -0.15) is 0 Å². The van der Waals surface area contributed by atoms with Crippen molar-refractivity contribution in [1.82, 2.24) is 9.88 Å². The molecule has 1 aromatic rings. The van der Waals surface area contributed by atoms with E-state index in [4.69, 9.17) is 4.74 Å². The molecule has 0 radical (unpaired) electrons. The highest BCUT2D eigenvalue weighted by Crippen LogP contribution is 2.30. The van der Waals surface area contributed by atoms with Crippen LogP contribution >= 0.6 is 0 Å². The van der Waals surface area contributed by atoms with Crippen LogP contribution in [0, 0.1) is 0 Å². The number of ether oxygens (including phenoxy) is 1. The monoisotopic (exact) mass is 275 g/mol. The second kappa shape index (κ2) is 6.55. The fourth-order valence-electron chi connectivity index (χ4n) is 3.35. The summed E-state index contributed by atoms with van der Waals surface area (Å²) in [5.41, 5.74) is 2.35. The Hall–Kier alpha value is -1.13. The fourth-order valence-corrected chi connectivity index (χ4v) is 3.35. The molecule has 3 rings (SSSR count). The zero-order valence-corrected chi connectivity index (χ0v) is 12.3. The molecule has 2 heterocycles. The maximum absolute atomic E-state index is 5.87. The second-order valence-electron chi connectivity index (χ2n) is 5.84. The normalized spacial score (nSPS) is 26.4. The topological polar surface area (TPSA) is 37.4 Å². The average molecular weight is 275 g/mol. The van der Waals surface area contributed by atoms with Crippen LogP contribution in [0.3, 0.4) is 0 Å². The Morgan fingerprint density at radius 1 is 1.45 bits per heavy atom. The van der Waals surface area contributed by atoms with E-state index in [0.717, 1.165) is 32.7 Å². The van der Waals surface area contributed by atoms with Crippen LogP contribution in [0.25, 0.3) is 0 Å². The van der Waals surface area contributed by atoms with Crippen molar-refractivity contribution in [2.24, 2.45) is 0 Å². The van der Waals surface area contributed by atoms with Gasteiger partial charge < -0.3 is 10.1 Å². The van der Waals surface area contributed by atoms with Gasteiger partial charge in [-0.15, -0.1) is 0 Å². The first-order valence-corrected chi connectivity index (χ1v) is 7.91. The molecule has 20 heavy (non-hydrogen) atoms. The van der Waals surface area contributed by atoms with Gasteiger partial charge in [0.25, 0.3) is 0 Å². The lowest BCUT2D eigenvalue weighted by atomic mass is 10.1. The Balaban J connectivity index is 1.64. The molecule has 1 aliphatic heterocycles. The maximum Gasteiger partial charge on any atom is 0.0731 e. The highest BCUT2D eigenvalue weighted by Gasteiger charge is 2.35. The van der Waals surface area contributed by atoms with Crippen LogP contribution in [-0.2, 0) is 11.3 Å². The van der Waals surface area contributed by atoms with Crippen LogP contribution in [0.1, 0.15) is 38.3 Å². The molecule has 110 valence electrons. The van der Waals surface area contributed by atoms with Crippen LogP contribution in [0.4, 0.5) is 5.69 Å². The molecule has 2 unspecified atom stereocenters. The van der Waals surface area contributed by atoms with E-state index in [1.807, 2.05) is 6.20 Å². The van der Waals surface area contributed by atoms with Gasteiger partial charge in [-0.3, -0.25) is 9.88 Å². The summed E-state index contributed by atoms with van der Waals surface area (Å²) in [4.78, 5) is 7.10. The molecule has 0 amide bonds. The number of anilines is 1. The van der Waals surface area contributed by atoms with Gasteiger partial charge >= 0.3 is 0 Å². The number of nitrogens with one attached hydrogen (secondary N) is 1. The molecule has 1 aromatic heterocycles. The minimum Gasteiger partial charge on any atom is -0.385 e. The quantitative estimate of drug-likeness (QED) is 0.896. The zero-order chi connectivity index (χ0) is 13.8. The summed E-state index contributed by atoms with van der Waals surface area (Å²) in [5, 5.41) is 3.44. The van der Waals surface area contributed by atoms with Gasteiger partial charge in [-0.05, 0) is 37.8 Å². The molecule has 2 atom stereocenters. The minimum atomic E-state index is 0.463. The molecule has 4 heteroatoms. The molecule has 1 N–H and O–H groups in total. The van der Waals surface area contributed by atoms with Gasteiger partial charge in [-0.25, -0.2) is 0 Å². The number of rotatable bonds is 5. The van der Waals surface area contributed by atoms with E-state index in [9.17, 15) is 0 Å². The molecule has 2 aliphatic rings. The van der Waals surface area contributed by atoms with Crippen molar-refractivity contribution in [3.05, 3.63) is 24.0 Å². The smallest absolute Gasteiger partial charge is 0.0731 e. The van der Waals surface area contributed by atoms with Gasteiger partial charge in [0.2, 0.25) is 0 Å². The van der Waals surface area contributed by atoms with Crippen molar-refractivity contribution < 1.29 is 4.74 Å². The summed E-state index contributed by atoms with van der Waals surface area (Å²) >= 11 is 0. The van der Waals surface area contributed by atoms with Crippen molar-refractivity contribution in [1.29, 1.82) is 0 Å². The third-order valence-corrected chi connectivity index (χ3v) is 4.36. The van der Waals surface area contributed by atoms with Crippen molar-refractivity contribution in [3.63, 3.8) is 0 Å². The van der Waals surface area contributed by atoms with Crippen LogP contribution in [0.2, 0.25) is 0 Å². The highest BCUT2D eigenvalue weighted by molar-refractivity contribution is 5.43. The van der Waals surface area contributed by atoms with Gasteiger partial charge in [0.1, 0.15) is 0 Å². The summed E-state index contributed by atoms with van der Waals surface area (Å²) in [6, 6.07) is 4.85. The number of pyridine rings is 1. The molecule has 1 aliphatic carbocycles. The van der Waals surface area contributed by atoms with E-state index in [-0.39, 0.29) is 0 Å². The Morgan fingerprint density at radius 3 is 3.30 bits per heavy atom. The van der Waals surface area contributed by atoms with E-state index >= 15 is 0 Å². The number of hydrogen-bond acceptors (Lipinski definition) is 4. The van der Waals surface area contributed by atoms with Crippen LogP contribution in [0.5, 0.6) is 0 Å². The fraction of sp³-hybridized carbons (Fsp3) is 0.688. The first kappa shape index (κ1) is 13.8. The molecule has 0 bridgehead atoms. The third kappa shape index (κ3) is 3.13. The lowest BCUT2D eigenvalue weighted by Gasteiger charge is -2.37. The number of fused-ring (bicyclic) bond motifs is 1. The Kier molecular flexibility index (Phi) is 4.53. The highest BCUT2D eigenvalue weighted by atomic mass is 16.5. The summed E-state index contributed by atoms with van der Waals surface area (Å²) in [5.74, 6) is 0. The number of morpholine rings is 1. The zero-order valence-electron chi connectivity index (χ0n) is 12.3. The number of hydrogen-bond donors (Lipinski definition) is 1. The summed E-state index contributed by atoms with van der Waals surface area (Å²) < 4.78 is 5.87. The van der Waals surface area contributed by atoms with Crippen molar-refractivity contribution >= 4 is 5.69 Å². The van der Waals surface area contributed by atoms with E-state index in [0.29, 0.717) is 12.1 Å². The van der Waals surface area contributed by atoms with Crippen molar-refractivity contribution in [3.8, 4) is 0 Å². The molecule has 4 nitrogen and oxygen atoms in total. The number of nitrogens with zero attached hydrogens (tertiary/aromatic N) is 2. The molecule has 1 saturated carbocycles. The van der Waals surface area contributed by atoms with E-state index in [1.165, 1.54) is 30.6 Å². The summed E-state index contributed by atoms with van der Waals surface area (Å²) in [7, 11) is 0.